The van der Waals surface area contributed by atoms with Gasteiger partial charge in [-0.3, -0.25) is 0 Å². The summed E-state index contributed by atoms with van der Waals surface area (Å²) in [5.74, 6) is 0.831. The molecule has 1 fully saturated rings. The Bertz CT molecular complexity index is 387. The molecule has 3 nitrogen and oxygen atoms in total. The van der Waals surface area contributed by atoms with Gasteiger partial charge in [0.15, 0.2) is 0 Å². The fourth-order valence-electron chi connectivity index (χ4n) is 2.94. The van der Waals surface area contributed by atoms with E-state index in [1.165, 1.54) is 18.4 Å². The maximum atomic E-state index is 10.2. The molecule has 1 saturated heterocycles. The van der Waals surface area contributed by atoms with E-state index in [-0.39, 0.29) is 6.10 Å². The molecule has 2 rings (SSSR count). The zero-order valence-electron chi connectivity index (χ0n) is 13.4. The highest BCUT2D eigenvalue weighted by molar-refractivity contribution is 5.17. The third-order valence-corrected chi connectivity index (χ3v) is 4.38. The van der Waals surface area contributed by atoms with Crippen molar-refractivity contribution in [1.29, 1.82) is 0 Å². The second kappa shape index (κ2) is 8.52. The number of benzene rings is 1. The summed E-state index contributed by atoms with van der Waals surface area (Å²) in [5, 5.41) is 10.2. The number of rotatable bonds is 7. The average molecular weight is 291 g/mol. The highest BCUT2D eigenvalue weighted by atomic mass is 16.5. The zero-order valence-corrected chi connectivity index (χ0v) is 13.4. The van der Waals surface area contributed by atoms with Crippen LogP contribution < -0.4 is 0 Å². The third kappa shape index (κ3) is 5.42. The standard InChI is InChI=1S/C18H29NO2/c1-3-18(16-7-5-4-6-8-16)21-14-17(20)13-19-11-9-15(2)10-12-19/h4-8,15,17-18,20H,3,9-14H2,1-2H3/t17-,18-/m1/s1. The maximum absolute atomic E-state index is 10.2. The largest absolute Gasteiger partial charge is 0.389 e. The Hall–Kier alpha value is -0.900. The molecule has 1 heterocycles. The highest BCUT2D eigenvalue weighted by Gasteiger charge is 2.19. The first-order valence-electron chi connectivity index (χ1n) is 8.26. The second-order valence-corrected chi connectivity index (χ2v) is 6.28. The molecule has 0 aliphatic carbocycles. The summed E-state index contributed by atoms with van der Waals surface area (Å²) in [7, 11) is 0. The van der Waals surface area contributed by atoms with E-state index < -0.39 is 6.10 Å². The lowest BCUT2D eigenvalue weighted by Gasteiger charge is -2.31. The molecule has 0 aromatic heterocycles. The van der Waals surface area contributed by atoms with Gasteiger partial charge in [0.2, 0.25) is 0 Å². The average Bonchev–Trinajstić information content (AvgIpc) is 2.51. The van der Waals surface area contributed by atoms with Crippen LogP contribution in [0.2, 0.25) is 0 Å². The number of likely N-dealkylation sites (tertiary alicyclic amines) is 1. The highest BCUT2D eigenvalue weighted by Crippen LogP contribution is 2.21. The minimum atomic E-state index is -0.392. The Morgan fingerprint density at radius 1 is 1.24 bits per heavy atom. The molecular weight excluding hydrogens is 262 g/mol. The van der Waals surface area contributed by atoms with E-state index in [1.54, 1.807) is 0 Å². The Kier molecular flexibility index (Phi) is 6.68. The molecule has 118 valence electrons. The lowest BCUT2D eigenvalue weighted by Crippen LogP contribution is -2.40. The molecule has 0 unspecified atom stereocenters. The summed E-state index contributed by atoms with van der Waals surface area (Å²) in [6, 6.07) is 10.3. The van der Waals surface area contributed by atoms with Gasteiger partial charge in [-0.05, 0) is 43.8 Å². The van der Waals surface area contributed by atoms with Crippen LogP contribution in [0.3, 0.4) is 0 Å². The minimum Gasteiger partial charge on any atom is -0.389 e. The molecule has 1 aromatic carbocycles. The van der Waals surface area contributed by atoms with Crippen LogP contribution >= 0.6 is 0 Å². The number of piperidine rings is 1. The smallest absolute Gasteiger partial charge is 0.0900 e. The number of aliphatic hydroxyl groups excluding tert-OH is 1. The van der Waals surface area contributed by atoms with Gasteiger partial charge >= 0.3 is 0 Å². The molecule has 1 aliphatic rings. The fraction of sp³-hybridized carbons (Fsp3) is 0.667. The van der Waals surface area contributed by atoms with Crippen LogP contribution in [0, 0.1) is 5.92 Å². The van der Waals surface area contributed by atoms with Gasteiger partial charge in [-0.1, -0.05) is 44.2 Å². The van der Waals surface area contributed by atoms with Gasteiger partial charge in [0.05, 0.1) is 18.8 Å². The number of hydrogen-bond donors (Lipinski definition) is 1. The van der Waals surface area contributed by atoms with Crippen molar-refractivity contribution in [1.82, 2.24) is 4.90 Å². The van der Waals surface area contributed by atoms with E-state index in [0.717, 1.165) is 32.0 Å². The molecule has 0 amide bonds. The summed E-state index contributed by atoms with van der Waals surface area (Å²) in [5.41, 5.74) is 1.19. The number of ether oxygens (including phenoxy) is 1. The first kappa shape index (κ1) is 16.5. The predicted molar refractivity (Wildman–Crippen MR) is 86.3 cm³/mol. The van der Waals surface area contributed by atoms with E-state index in [1.807, 2.05) is 18.2 Å². The number of aliphatic hydroxyl groups is 1. The van der Waals surface area contributed by atoms with Crippen molar-refractivity contribution in [3.05, 3.63) is 35.9 Å². The van der Waals surface area contributed by atoms with E-state index in [4.69, 9.17) is 4.74 Å². The molecule has 0 radical (unpaired) electrons. The summed E-state index contributed by atoms with van der Waals surface area (Å²) < 4.78 is 5.93. The molecule has 1 aromatic rings. The molecule has 2 atom stereocenters. The van der Waals surface area contributed by atoms with Gasteiger partial charge in [-0.25, -0.2) is 0 Å². The van der Waals surface area contributed by atoms with Crippen molar-refractivity contribution in [3.63, 3.8) is 0 Å². The van der Waals surface area contributed by atoms with Crippen LogP contribution in [0.15, 0.2) is 30.3 Å². The molecule has 21 heavy (non-hydrogen) atoms. The first-order valence-corrected chi connectivity index (χ1v) is 8.26. The molecule has 1 N–H and O–H groups in total. The maximum Gasteiger partial charge on any atom is 0.0900 e. The number of hydrogen-bond acceptors (Lipinski definition) is 3. The summed E-state index contributed by atoms with van der Waals surface area (Å²) >= 11 is 0. The van der Waals surface area contributed by atoms with Crippen molar-refractivity contribution in [2.24, 2.45) is 5.92 Å². The van der Waals surface area contributed by atoms with Gasteiger partial charge < -0.3 is 14.7 Å². The van der Waals surface area contributed by atoms with Crippen LogP contribution in [-0.2, 0) is 4.74 Å². The molecule has 0 saturated carbocycles. The quantitative estimate of drug-likeness (QED) is 0.837. The van der Waals surface area contributed by atoms with Gasteiger partial charge in [0.25, 0.3) is 0 Å². The van der Waals surface area contributed by atoms with E-state index in [9.17, 15) is 5.11 Å². The summed E-state index contributed by atoms with van der Waals surface area (Å²) in [4.78, 5) is 2.36. The lowest BCUT2D eigenvalue weighted by atomic mass is 9.99. The topological polar surface area (TPSA) is 32.7 Å². The molecular formula is C18H29NO2. The molecule has 0 bridgehead atoms. The van der Waals surface area contributed by atoms with Crippen molar-refractivity contribution in [2.45, 2.75) is 45.3 Å². The fourth-order valence-corrected chi connectivity index (χ4v) is 2.94. The van der Waals surface area contributed by atoms with Crippen LogP contribution in [0.5, 0.6) is 0 Å². The van der Waals surface area contributed by atoms with Gasteiger partial charge in [-0.15, -0.1) is 0 Å². The first-order chi connectivity index (χ1) is 10.2. The van der Waals surface area contributed by atoms with Crippen LogP contribution in [0.25, 0.3) is 0 Å². The van der Waals surface area contributed by atoms with Crippen molar-refractivity contribution < 1.29 is 9.84 Å². The Morgan fingerprint density at radius 2 is 1.90 bits per heavy atom. The van der Waals surface area contributed by atoms with Crippen LogP contribution in [0.4, 0.5) is 0 Å². The van der Waals surface area contributed by atoms with E-state index in [2.05, 4.69) is 30.9 Å². The van der Waals surface area contributed by atoms with E-state index in [0.29, 0.717) is 6.61 Å². The van der Waals surface area contributed by atoms with Crippen LogP contribution in [0.1, 0.15) is 44.8 Å². The Morgan fingerprint density at radius 3 is 2.52 bits per heavy atom. The normalized spacial score (nSPS) is 20.3. The van der Waals surface area contributed by atoms with E-state index >= 15 is 0 Å². The Balaban J connectivity index is 1.73. The SMILES string of the molecule is CC[C@@H](OC[C@H](O)CN1CCC(C)CC1)c1ccccc1. The molecule has 0 spiro atoms. The summed E-state index contributed by atoms with van der Waals surface area (Å²) in [6.45, 7) is 7.79. The molecule has 3 heteroatoms. The second-order valence-electron chi connectivity index (χ2n) is 6.28. The monoisotopic (exact) mass is 291 g/mol. The number of β-amino-alcohol motifs (C(OH)–C–C–N with tert-alkyl or cyclic N) is 1. The third-order valence-electron chi connectivity index (χ3n) is 4.38. The predicted octanol–water partition coefficient (Wildman–Crippen LogP) is 3.25. The lowest BCUT2D eigenvalue weighted by molar-refractivity contribution is -0.0264. The summed E-state index contributed by atoms with van der Waals surface area (Å²) in [6.07, 6.45) is 3.11. The zero-order chi connectivity index (χ0) is 15.1. The number of nitrogens with zero attached hydrogens (tertiary/aromatic N) is 1. The van der Waals surface area contributed by atoms with Gasteiger partial charge in [0, 0.05) is 6.54 Å². The van der Waals surface area contributed by atoms with Crippen molar-refractivity contribution in [2.75, 3.05) is 26.2 Å². The van der Waals surface area contributed by atoms with Gasteiger partial charge in [-0.2, -0.15) is 0 Å². The van der Waals surface area contributed by atoms with Gasteiger partial charge in [0.1, 0.15) is 0 Å². The molecule has 1 aliphatic heterocycles. The van der Waals surface area contributed by atoms with Crippen molar-refractivity contribution >= 4 is 0 Å². The van der Waals surface area contributed by atoms with Crippen molar-refractivity contribution in [3.8, 4) is 0 Å². The Labute approximate surface area is 128 Å². The minimum absolute atomic E-state index is 0.0854. The van der Waals surface area contributed by atoms with Crippen LogP contribution in [-0.4, -0.2) is 42.4 Å².